The van der Waals surface area contributed by atoms with Crippen molar-refractivity contribution in [3.8, 4) is 11.3 Å². The number of hydrogen-bond donors (Lipinski definition) is 1. The Bertz CT molecular complexity index is 650. The summed E-state index contributed by atoms with van der Waals surface area (Å²) in [5, 5.41) is 3.53. The Morgan fingerprint density at radius 3 is 2.48 bits per heavy atom. The maximum Gasteiger partial charge on any atom is 0.136 e. The lowest BCUT2D eigenvalue weighted by atomic mass is 9.95. The predicted octanol–water partition coefficient (Wildman–Crippen LogP) is 4.67. The summed E-state index contributed by atoms with van der Waals surface area (Å²) in [4.78, 5) is 9.01. The monoisotopic (exact) mass is 307 g/mol. The summed E-state index contributed by atoms with van der Waals surface area (Å²) in [6, 6.07) is 6.35. The van der Waals surface area contributed by atoms with E-state index in [-0.39, 0.29) is 11.2 Å². The first-order valence-electron chi connectivity index (χ1n) is 6.90. The molecule has 5 heteroatoms. The van der Waals surface area contributed by atoms with Gasteiger partial charge in [0.25, 0.3) is 0 Å². The molecule has 0 unspecified atom stereocenters. The van der Waals surface area contributed by atoms with Crippen LogP contribution in [-0.4, -0.2) is 16.5 Å². The third-order valence-electron chi connectivity index (χ3n) is 2.96. The van der Waals surface area contributed by atoms with Crippen LogP contribution in [0.3, 0.4) is 0 Å². The molecule has 0 amide bonds. The zero-order valence-corrected chi connectivity index (χ0v) is 13.4. The third kappa shape index (κ3) is 3.70. The van der Waals surface area contributed by atoms with Crippen LogP contribution in [0, 0.1) is 5.82 Å². The first-order chi connectivity index (χ1) is 9.81. The van der Waals surface area contributed by atoms with Crippen molar-refractivity contribution in [2.75, 3.05) is 11.9 Å². The average molecular weight is 308 g/mol. The Morgan fingerprint density at radius 2 is 1.90 bits per heavy atom. The Balaban J connectivity index is 2.59. The van der Waals surface area contributed by atoms with E-state index in [4.69, 9.17) is 11.6 Å². The van der Waals surface area contributed by atoms with Crippen LogP contribution in [0.5, 0.6) is 0 Å². The van der Waals surface area contributed by atoms with E-state index in [0.29, 0.717) is 27.9 Å². The molecule has 1 aromatic heterocycles. The lowest BCUT2D eigenvalue weighted by Crippen LogP contribution is -2.18. The topological polar surface area (TPSA) is 37.8 Å². The van der Waals surface area contributed by atoms with Crippen molar-refractivity contribution in [1.29, 1.82) is 0 Å². The molecular weight excluding hydrogens is 289 g/mol. The zero-order chi connectivity index (χ0) is 15.6. The molecule has 0 fully saturated rings. The Labute approximate surface area is 129 Å². The fourth-order valence-corrected chi connectivity index (χ4v) is 2.05. The van der Waals surface area contributed by atoms with E-state index in [9.17, 15) is 4.39 Å². The second-order valence-corrected chi connectivity index (χ2v) is 6.30. The maximum absolute atomic E-state index is 14.1. The van der Waals surface area contributed by atoms with Crippen LogP contribution >= 0.6 is 11.6 Å². The summed E-state index contributed by atoms with van der Waals surface area (Å²) >= 11 is 5.80. The molecule has 1 N–H and O–H groups in total. The fraction of sp³-hybridized carbons (Fsp3) is 0.375. The first kappa shape index (κ1) is 15.7. The number of hydrogen-bond acceptors (Lipinski definition) is 3. The first-order valence-corrected chi connectivity index (χ1v) is 7.28. The van der Waals surface area contributed by atoms with Crippen LogP contribution in [0.2, 0.25) is 5.02 Å². The van der Waals surface area contributed by atoms with Crippen molar-refractivity contribution in [3.63, 3.8) is 0 Å². The molecule has 0 aliphatic carbocycles. The Kier molecular flexibility index (Phi) is 4.47. The van der Waals surface area contributed by atoms with Gasteiger partial charge in [-0.2, -0.15) is 0 Å². The lowest BCUT2D eigenvalue weighted by Gasteiger charge is -2.19. The molecule has 0 aliphatic rings. The van der Waals surface area contributed by atoms with Crippen molar-refractivity contribution < 1.29 is 4.39 Å². The van der Waals surface area contributed by atoms with E-state index in [1.165, 1.54) is 6.07 Å². The molecule has 0 saturated heterocycles. The molecule has 0 spiro atoms. The van der Waals surface area contributed by atoms with Gasteiger partial charge in [0.15, 0.2) is 0 Å². The largest absolute Gasteiger partial charge is 0.370 e. The number of nitrogens with zero attached hydrogens (tertiary/aromatic N) is 2. The second kappa shape index (κ2) is 5.98. The maximum atomic E-state index is 14.1. The van der Waals surface area contributed by atoms with Gasteiger partial charge in [-0.15, -0.1) is 0 Å². The summed E-state index contributed by atoms with van der Waals surface area (Å²) in [5.41, 5.74) is 0.759. The quantitative estimate of drug-likeness (QED) is 0.895. The van der Waals surface area contributed by atoms with Gasteiger partial charge in [-0.1, -0.05) is 32.4 Å². The van der Waals surface area contributed by atoms with Crippen LogP contribution in [0.1, 0.15) is 33.5 Å². The van der Waals surface area contributed by atoms with Crippen molar-refractivity contribution in [2.24, 2.45) is 0 Å². The van der Waals surface area contributed by atoms with E-state index in [1.807, 2.05) is 27.7 Å². The molecular formula is C16H19ClFN3. The molecule has 1 heterocycles. The van der Waals surface area contributed by atoms with Gasteiger partial charge >= 0.3 is 0 Å². The minimum atomic E-state index is -0.386. The van der Waals surface area contributed by atoms with E-state index in [1.54, 1.807) is 18.2 Å². The van der Waals surface area contributed by atoms with Crippen molar-refractivity contribution in [3.05, 3.63) is 40.9 Å². The van der Waals surface area contributed by atoms with Gasteiger partial charge in [-0.05, 0) is 25.1 Å². The molecule has 0 saturated carbocycles. The summed E-state index contributed by atoms with van der Waals surface area (Å²) in [7, 11) is 0. The van der Waals surface area contributed by atoms with Gasteiger partial charge in [0.2, 0.25) is 0 Å². The molecule has 21 heavy (non-hydrogen) atoms. The summed E-state index contributed by atoms with van der Waals surface area (Å²) in [6.07, 6.45) is 0. The van der Waals surface area contributed by atoms with E-state index in [0.717, 1.165) is 6.54 Å². The number of benzene rings is 1. The van der Waals surface area contributed by atoms with E-state index < -0.39 is 0 Å². The molecule has 0 bridgehead atoms. The van der Waals surface area contributed by atoms with Gasteiger partial charge in [-0.3, -0.25) is 0 Å². The molecule has 112 valence electrons. The van der Waals surface area contributed by atoms with Crippen molar-refractivity contribution in [1.82, 2.24) is 9.97 Å². The standard InChI is InChI=1S/C16H19ClFN3/c1-5-19-14-9-13(20-15(21-14)16(2,3)4)11-7-6-10(17)8-12(11)18/h6-9H,5H2,1-4H3,(H,19,20,21). The van der Waals surface area contributed by atoms with Gasteiger partial charge < -0.3 is 5.32 Å². The molecule has 0 radical (unpaired) electrons. The van der Waals surface area contributed by atoms with Crippen LogP contribution < -0.4 is 5.32 Å². The highest BCUT2D eigenvalue weighted by atomic mass is 35.5. The zero-order valence-electron chi connectivity index (χ0n) is 12.7. The van der Waals surface area contributed by atoms with Crippen LogP contribution in [0.15, 0.2) is 24.3 Å². The molecule has 1 aromatic carbocycles. The number of nitrogens with one attached hydrogen (secondary N) is 1. The second-order valence-electron chi connectivity index (χ2n) is 5.87. The Hall–Kier alpha value is -1.68. The lowest BCUT2D eigenvalue weighted by molar-refractivity contribution is 0.546. The van der Waals surface area contributed by atoms with Crippen LogP contribution in [0.25, 0.3) is 11.3 Å². The van der Waals surface area contributed by atoms with Crippen molar-refractivity contribution in [2.45, 2.75) is 33.1 Å². The number of anilines is 1. The SMILES string of the molecule is CCNc1cc(-c2ccc(Cl)cc2F)nc(C(C)(C)C)n1. The normalized spacial score (nSPS) is 11.5. The van der Waals surface area contributed by atoms with E-state index in [2.05, 4.69) is 15.3 Å². The highest BCUT2D eigenvalue weighted by molar-refractivity contribution is 6.30. The van der Waals surface area contributed by atoms with Gasteiger partial charge in [0, 0.05) is 28.6 Å². The predicted molar refractivity (Wildman–Crippen MR) is 85.3 cm³/mol. The van der Waals surface area contributed by atoms with Gasteiger partial charge in [-0.25, -0.2) is 14.4 Å². The number of rotatable bonds is 3. The molecule has 2 rings (SSSR count). The summed E-state index contributed by atoms with van der Waals surface area (Å²) < 4.78 is 14.1. The minimum absolute atomic E-state index is 0.219. The Morgan fingerprint density at radius 1 is 1.19 bits per heavy atom. The smallest absolute Gasteiger partial charge is 0.136 e. The van der Waals surface area contributed by atoms with Crippen LogP contribution in [0.4, 0.5) is 10.2 Å². The van der Waals surface area contributed by atoms with Gasteiger partial charge in [0.1, 0.15) is 17.5 Å². The van der Waals surface area contributed by atoms with E-state index >= 15 is 0 Å². The molecule has 3 nitrogen and oxygen atoms in total. The van der Waals surface area contributed by atoms with Crippen LogP contribution in [-0.2, 0) is 5.41 Å². The third-order valence-corrected chi connectivity index (χ3v) is 3.20. The summed E-state index contributed by atoms with van der Waals surface area (Å²) in [6.45, 7) is 8.81. The molecule has 0 aliphatic heterocycles. The molecule has 0 atom stereocenters. The summed E-state index contributed by atoms with van der Waals surface area (Å²) in [5.74, 6) is 0.982. The minimum Gasteiger partial charge on any atom is -0.370 e. The number of aromatic nitrogens is 2. The molecule has 2 aromatic rings. The average Bonchev–Trinajstić information content (AvgIpc) is 2.37. The highest BCUT2D eigenvalue weighted by Gasteiger charge is 2.20. The van der Waals surface area contributed by atoms with Gasteiger partial charge in [0.05, 0.1) is 5.69 Å². The highest BCUT2D eigenvalue weighted by Crippen LogP contribution is 2.28. The number of halogens is 2. The van der Waals surface area contributed by atoms with Crippen molar-refractivity contribution >= 4 is 17.4 Å². The fourth-order valence-electron chi connectivity index (χ4n) is 1.89.